The van der Waals surface area contributed by atoms with Gasteiger partial charge in [-0.25, -0.2) is 4.57 Å². The molecule has 0 saturated heterocycles. The molecule has 0 spiro atoms. The van der Waals surface area contributed by atoms with Crippen molar-refractivity contribution in [3.8, 4) is 11.3 Å². The standard InChI is InChI=1S/C28H24NO3S/c1-14-21-23-22-17(6-9-29(23)5)25-18(16-8-11-31-27(16)32-25)12-20(22)33-26(21)19(13-28(2,3)4)15-7-10-30-24(14)15/h6-12H,13H2,1-5H3/q+1. The molecule has 5 heterocycles. The summed E-state index contributed by atoms with van der Waals surface area (Å²) in [4.78, 5) is 2.61. The van der Waals surface area contributed by atoms with Crippen molar-refractivity contribution < 1.29 is 17.8 Å². The summed E-state index contributed by atoms with van der Waals surface area (Å²) >= 11 is 1.89. The van der Waals surface area contributed by atoms with Crippen LogP contribution in [0.25, 0.3) is 55.1 Å². The maximum absolute atomic E-state index is 6.19. The second kappa shape index (κ2) is 6.23. The predicted molar refractivity (Wildman–Crippen MR) is 132 cm³/mol. The number of fused-ring (bicyclic) bond motifs is 7. The highest BCUT2D eigenvalue weighted by atomic mass is 32.2. The molecule has 0 saturated carbocycles. The smallest absolute Gasteiger partial charge is 0.298 e. The highest BCUT2D eigenvalue weighted by molar-refractivity contribution is 8.00. The topological polar surface area (TPSA) is 43.3 Å². The van der Waals surface area contributed by atoms with Crippen LogP contribution in [0.2, 0.25) is 0 Å². The van der Waals surface area contributed by atoms with E-state index in [0.29, 0.717) is 5.78 Å². The lowest BCUT2D eigenvalue weighted by Gasteiger charge is -2.26. The molecular formula is C28H24NO3S+. The summed E-state index contributed by atoms with van der Waals surface area (Å²) in [6.45, 7) is 9.10. The first-order valence-electron chi connectivity index (χ1n) is 11.3. The number of nitrogens with zero attached hydrogens (tertiary/aromatic N) is 1. The van der Waals surface area contributed by atoms with E-state index in [0.717, 1.165) is 33.7 Å². The fourth-order valence-corrected chi connectivity index (χ4v) is 6.83. The first-order valence-corrected chi connectivity index (χ1v) is 12.1. The lowest BCUT2D eigenvalue weighted by molar-refractivity contribution is -0.659. The Hall–Kier alpha value is -3.18. The predicted octanol–water partition coefficient (Wildman–Crippen LogP) is 7.93. The fraction of sp³-hybridized carbons (Fsp3) is 0.250. The van der Waals surface area contributed by atoms with Crippen LogP contribution >= 0.6 is 11.8 Å². The highest BCUT2D eigenvalue weighted by Crippen LogP contribution is 2.54. The molecule has 2 aromatic carbocycles. The van der Waals surface area contributed by atoms with Gasteiger partial charge in [0.1, 0.15) is 18.2 Å². The van der Waals surface area contributed by atoms with Gasteiger partial charge in [0.15, 0.2) is 6.20 Å². The first kappa shape index (κ1) is 19.3. The van der Waals surface area contributed by atoms with Gasteiger partial charge in [-0.15, -0.1) is 0 Å². The third kappa shape index (κ3) is 2.51. The number of aryl methyl sites for hydroxylation is 2. The van der Waals surface area contributed by atoms with E-state index in [-0.39, 0.29) is 5.41 Å². The number of hydrogen-bond acceptors (Lipinski definition) is 4. The zero-order chi connectivity index (χ0) is 22.6. The quantitative estimate of drug-likeness (QED) is 0.236. The van der Waals surface area contributed by atoms with E-state index in [4.69, 9.17) is 13.3 Å². The van der Waals surface area contributed by atoms with E-state index < -0.39 is 0 Å². The summed E-state index contributed by atoms with van der Waals surface area (Å²) in [5.74, 6) is 0.585. The van der Waals surface area contributed by atoms with Crippen molar-refractivity contribution in [2.75, 3.05) is 0 Å². The third-order valence-electron chi connectivity index (χ3n) is 6.81. The number of aromatic nitrogens is 1. The minimum Gasteiger partial charge on any atom is -0.464 e. The van der Waals surface area contributed by atoms with E-state index in [1.807, 2.05) is 24.1 Å². The zero-order valence-electron chi connectivity index (χ0n) is 19.3. The van der Waals surface area contributed by atoms with Gasteiger partial charge in [-0.1, -0.05) is 32.5 Å². The van der Waals surface area contributed by atoms with Crippen LogP contribution in [0.15, 0.2) is 66.0 Å². The molecule has 7 rings (SSSR count). The molecule has 1 aliphatic rings. The Morgan fingerprint density at radius 3 is 2.55 bits per heavy atom. The molecule has 0 bridgehead atoms. The van der Waals surface area contributed by atoms with E-state index in [1.54, 1.807) is 6.26 Å². The summed E-state index contributed by atoms with van der Waals surface area (Å²) in [6.07, 6.45) is 6.65. The van der Waals surface area contributed by atoms with Crippen molar-refractivity contribution in [3.63, 3.8) is 0 Å². The summed E-state index contributed by atoms with van der Waals surface area (Å²) in [6, 6.07) is 8.57. The third-order valence-corrected chi connectivity index (χ3v) is 8.01. The van der Waals surface area contributed by atoms with Crippen molar-refractivity contribution >= 4 is 55.6 Å². The van der Waals surface area contributed by atoms with Crippen molar-refractivity contribution in [3.05, 3.63) is 54.1 Å². The molecule has 1 aliphatic heterocycles. The SMILES string of the molecule is Cc1c2c(c(CC(C)(C)C)c3ccoc13)Sc1cc3c4ccoc4oc3c3cc[n+](C)c-2c13. The van der Waals surface area contributed by atoms with Crippen molar-refractivity contribution in [1.29, 1.82) is 0 Å². The molecule has 0 N–H and O–H groups in total. The van der Waals surface area contributed by atoms with Crippen LogP contribution in [-0.4, -0.2) is 0 Å². The van der Waals surface area contributed by atoms with Gasteiger partial charge in [-0.05, 0) is 42.5 Å². The Morgan fingerprint density at radius 2 is 1.73 bits per heavy atom. The minimum atomic E-state index is 0.153. The molecule has 6 aromatic rings. The molecule has 4 nitrogen and oxygen atoms in total. The molecule has 0 atom stereocenters. The second-order valence-electron chi connectivity index (χ2n) is 10.3. The molecule has 0 aliphatic carbocycles. The molecule has 164 valence electrons. The average Bonchev–Trinajstić information content (AvgIpc) is 3.48. The van der Waals surface area contributed by atoms with Crippen molar-refractivity contribution in [2.45, 2.75) is 43.9 Å². The highest BCUT2D eigenvalue weighted by Gasteiger charge is 2.34. The molecule has 0 amide bonds. The molecule has 0 fully saturated rings. The average molecular weight is 455 g/mol. The molecule has 0 unspecified atom stereocenters. The van der Waals surface area contributed by atoms with E-state index >= 15 is 0 Å². The first-order chi connectivity index (χ1) is 15.8. The van der Waals surface area contributed by atoms with Crippen LogP contribution in [-0.2, 0) is 13.5 Å². The van der Waals surface area contributed by atoms with Crippen LogP contribution < -0.4 is 4.57 Å². The van der Waals surface area contributed by atoms with E-state index in [1.165, 1.54) is 42.9 Å². The molecule has 0 radical (unpaired) electrons. The Kier molecular flexibility index (Phi) is 3.65. The van der Waals surface area contributed by atoms with Gasteiger partial charge in [0.25, 0.3) is 5.78 Å². The minimum absolute atomic E-state index is 0.153. The maximum Gasteiger partial charge on any atom is 0.298 e. The van der Waals surface area contributed by atoms with Gasteiger partial charge >= 0.3 is 0 Å². The maximum atomic E-state index is 6.19. The number of pyridine rings is 1. The zero-order valence-corrected chi connectivity index (χ0v) is 20.1. The Morgan fingerprint density at radius 1 is 0.939 bits per heavy atom. The van der Waals surface area contributed by atoms with Crippen LogP contribution in [0.4, 0.5) is 0 Å². The largest absolute Gasteiger partial charge is 0.464 e. The summed E-state index contributed by atoms with van der Waals surface area (Å²) in [7, 11) is 2.13. The van der Waals surface area contributed by atoms with Gasteiger partial charge in [-0.3, -0.25) is 0 Å². The second-order valence-corrected chi connectivity index (χ2v) is 11.4. The van der Waals surface area contributed by atoms with Crippen LogP contribution in [0.3, 0.4) is 0 Å². The van der Waals surface area contributed by atoms with Gasteiger partial charge in [0.05, 0.1) is 28.9 Å². The number of furan rings is 3. The molecule has 4 aromatic heterocycles. The van der Waals surface area contributed by atoms with Crippen molar-refractivity contribution in [2.24, 2.45) is 12.5 Å². The summed E-state index contributed by atoms with van der Waals surface area (Å²) in [5.41, 5.74) is 7.09. The molecule has 33 heavy (non-hydrogen) atoms. The monoisotopic (exact) mass is 454 g/mol. The van der Waals surface area contributed by atoms with Crippen LogP contribution in [0.5, 0.6) is 0 Å². The molecule has 5 heteroatoms. The Labute approximate surface area is 195 Å². The van der Waals surface area contributed by atoms with Gasteiger partial charge in [0, 0.05) is 37.6 Å². The normalized spacial score (nSPS) is 13.6. The number of benzene rings is 2. The number of hydrogen-bond donors (Lipinski definition) is 0. The Bertz CT molecular complexity index is 1770. The lowest BCUT2D eigenvalue weighted by atomic mass is 9.84. The van der Waals surface area contributed by atoms with Gasteiger partial charge in [-0.2, -0.15) is 0 Å². The number of rotatable bonds is 1. The van der Waals surface area contributed by atoms with Crippen molar-refractivity contribution in [1.82, 2.24) is 0 Å². The van der Waals surface area contributed by atoms with Gasteiger partial charge in [0.2, 0.25) is 5.69 Å². The van der Waals surface area contributed by atoms with Gasteiger partial charge < -0.3 is 13.3 Å². The Balaban J connectivity index is 1.67. The van der Waals surface area contributed by atoms with Crippen LogP contribution in [0.1, 0.15) is 31.9 Å². The fourth-order valence-electron chi connectivity index (χ4n) is 5.47. The van der Waals surface area contributed by atoms with Crippen LogP contribution in [0, 0.1) is 12.3 Å². The van der Waals surface area contributed by atoms with E-state index in [2.05, 4.69) is 63.7 Å². The lowest BCUT2D eigenvalue weighted by Crippen LogP contribution is -2.32. The summed E-state index contributed by atoms with van der Waals surface area (Å²) < 4.78 is 20.1. The summed E-state index contributed by atoms with van der Waals surface area (Å²) in [5, 5.41) is 5.72. The van der Waals surface area contributed by atoms with E-state index in [9.17, 15) is 0 Å². The molecular weight excluding hydrogens is 430 g/mol.